The first-order chi connectivity index (χ1) is 8.83. The van der Waals surface area contributed by atoms with Crippen molar-refractivity contribution in [3.63, 3.8) is 0 Å². The molecule has 1 aromatic rings. The minimum Gasteiger partial charge on any atom is -0.398 e. The second kappa shape index (κ2) is 6.36. The fourth-order valence-electron chi connectivity index (χ4n) is 1.95. The van der Waals surface area contributed by atoms with Gasteiger partial charge in [0.2, 0.25) is 10.0 Å². The summed E-state index contributed by atoms with van der Waals surface area (Å²) in [6, 6.07) is 3.12. The first-order valence-electron chi connectivity index (χ1n) is 6.32. The third-order valence-corrected chi connectivity index (χ3v) is 4.99. The summed E-state index contributed by atoms with van der Waals surface area (Å²) in [5.41, 5.74) is 7.58. The molecule has 1 aromatic carbocycles. The highest BCUT2D eigenvalue weighted by Gasteiger charge is 2.23. The van der Waals surface area contributed by atoms with Crippen LogP contribution in [0.1, 0.15) is 30.9 Å². The van der Waals surface area contributed by atoms with Gasteiger partial charge in [0.25, 0.3) is 0 Å². The molecule has 0 saturated heterocycles. The summed E-state index contributed by atoms with van der Waals surface area (Å²) >= 11 is 0. The summed E-state index contributed by atoms with van der Waals surface area (Å²) in [5, 5.41) is 8.93. The van der Waals surface area contributed by atoms with Gasteiger partial charge in [-0.15, -0.1) is 0 Å². The lowest BCUT2D eigenvalue weighted by molar-refractivity contribution is 0.270. The van der Waals surface area contributed by atoms with Crippen LogP contribution < -0.4 is 10.5 Å². The van der Waals surface area contributed by atoms with E-state index in [0.717, 1.165) is 5.56 Å². The van der Waals surface area contributed by atoms with Crippen LogP contribution in [0.3, 0.4) is 0 Å². The van der Waals surface area contributed by atoms with Crippen molar-refractivity contribution in [3.8, 4) is 0 Å². The second-order valence-corrected chi connectivity index (χ2v) is 6.32. The van der Waals surface area contributed by atoms with Crippen molar-refractivity contribution in [3.05, 3.63) is 23.3 Å². The normalized spacial score (nSPS) is 13.5. The van der Waals surface area contributed by atoms with E-state index in [9.17, 15) is 8.42 Å². The van der Waals surface area contributed by atoms with Crippen LogP contribution in [0.5, 0.6) is 0 Å². The highest BCUT2D eigenvalue weighted by molar-refractivity contribution is 7.89. The number of hydrogen-bond donors (Lipinski definition) is 3. The topological polar surface area (TPSA) is 92.4 Å². The number of nitrogens with one attached hydrogen (secondary N) is 1. The Labute approximate surface area is 114 Å². The van der Waals surface area contributed by atoms with Gasteiger partial charge in [-0.05, 0) is 43.9 Å². The molecule has 4 N–H and O–H groups in total. The number of sulfonamides is 1. The molecule has 19 heavy (non-hydrogen) atoms. The molecule has 0 fully saturated rings. The minimum absolute atomic E-state index is 0.0523. The van der Waals surface area contributed by atoms with Crippen molar-refractivity contribution in [1.82, 2.24) is 4.72 Å². The minimum atomic E-state index is -3.66. The van der Waals surface area contributed by atoms with Gasteiger partial charge in [0.05, 0.1) is 5.69 Å². The number of aliphatic hydroxyl groups excluding tert-OH is 1. The van der Waals surface area contributed by atoms with Gasteiger partial charge in [0.1, 0.15) is 4.90 Å². The van der Waals surface area contributed by atoms with E-state index in [1.165, 1.54) is 0 Å². The highest BCUT2D eigenvalue weighted by atomic mass is 32.2. The standard InChI is InChI=1S/C13H22N2O3S/c1-4-11(7-8-16)15-19(17,18)13-10(3)9(2)5-6-12(13)14/h5-6,11,15-16H,4,7-8,14H2,1-3H3. The Morgan fingerprint density at radius 2 is 2.00 bits per heavy atom. The van der Waals surface area contributed by atoms with Gasteiger partial charge >= 0.3 is 0 Å². The van der Waals surface area contributed by atoms with Crippen molar-refractivity contribution in [2.75, 3.05) is 12.3 Å². The summed E-state index contributed by atoms with van der Waals surface area (Å²) in [4.78, 5) is 0.142. The predicted molar refractivity (Wildman–Crippen MR) is 76.4 cm³/mol. The largest absolute Gasteiger partial charge is 0.398 e. The third kappa shape index (κ3) is 3.68. The molecule has 0 radical (unpaired) electrons. The number of hydrogen-bond acceptors (Lipinski definition) is 4. The Morgan fingerprint density at radius 3 is 2.53 bits per heavy atom. The maximum atomic E-state index is 12.4. The molecule has 0 aliphatic rings. The van der Waals surface area contributed by atoms with Crippen molar-refractivity contribution in [2.45, 2.75) is 44.6 Å². The average molecular weight is 286 g/mol. The van der Waals surface area contributed by atoms with E-state index in [-0.39, 0.29) is 23.2 Å². The molecule has 0 aliphatic carbocycles. The molecular formula is C13H22N2O3S. The SMILES string of the molecule is CCC(CCO)NS(=O)(=O)c1c(N)ccc(C)c1C. The number of aliphatic hydroxyl groups is 1. The van der Waals surface area contributed by atoms with E-state index in [0.29, 0.717) is 18.4 Å². The number of benzene rings is 1. The molecule has 108 valence electrons. The Balaban J connectivity index is 3.17. The third-order valence-electron chi connectivity index (χ3n) is 3.27. The molecule has 0 heterocycles. The van der Waals surface area contributed by atoms with Crippen molar-refractivity contribution >= 4 is 15.7 Å². The number of nitrogen functional groups attached to an aromatic ring is 1. The van der Waals surface area contributed by atoms with Gasteiger partial charge in [0, 0.05) is 12.6 Å². The number of nitrogens with two attached hydrogens (primary N) is 1. The lowest BCUT2D eigenvalue weighted by atomic mass is 10.1. The maximum Gasteiger partial charge on any atom is 0.243 e. The molecule has 0 spiro atoms. The summed E-state index contributed by atoms with van der Waals surface area (Å²) in [5.74, 6) is 0. The van der Waals surface area contributed by atoms with E-state index in [2.05, 4.69) is 4.72 Å². The lowest BCUT2D eigenvalue weighted by Gasteiger charge is -2.18. The molecule has 0 saturated carbocycles. The molecule has 1 rings (SSSR count). The summed E-state index contributed by atoms with van der Waals surface area (Å²) in [6.07, 6.45) is 1.01. The van der Waals surface area contributed by atoms with Crippen LogP contribution >= 0.6 is 0 Å². The monoisotopic (exact) mass is 286 g/mol. The highest BCUT2D eigenvalue weighted by Crippen LogP contribution is 2.25. The zero-order valence-electron chi connectivity index (χ0n) is 11.6. The van der Waals surface area contributed by atoms with E-state index in [1.807, 2.05) is 13.8 Å². The Hall–Kier alpha value is -1.11. The average Bonchev–Trinajstić information content (AvgIpc) is 2.33. The molecular weight excluding hydrogens is 264 g/mol. The molecule has 0 bridgehead atoms. The fraction of sp³-hybridized carbons (Fsp3) is 0.538. The fourth-order valence-corrected chi connectivity index (χ4v) is 3.73. The molecule has 1 atom stereocenters. The summed E-state index contributed by atoms with van der Waals surface area (Å²) in [6.45, 7) is 5.41. The van der Waals surface area contributed by atoms with Gasteiger partial charge in [-0.2, -0.15) is 0 Å². The number of aryl methyl sites for hydroxylation is 1. The van der Waals surface area contributed by atoms with Crippen molar-refractivity contribution in [2.24, 2.45) is 0 Å². The Bertz CT molecular complexity index is 541. The molecule has 0 aromatic heterocycles. The van der Waals surface area contributed by atoms with Crippen molar-refractivity contribution in [1.29, 1.82) is 0 Å². The molecule has 1 unspecified atom stereocenters. The zero-order chi connectivity index (χ0) is 14.6. The molecule has 5 nitrogen and oxygen atoms in total. The number of rotatable bonds is 6. The van der Waals surface area contributed by atoms with Gasteiger partial charge in [-0.3, -0.25) is 0 Å². The predicted octanol–water partition coefficient (Wildman–Crippen LogP) is 1.32. The number of anilines is 1. The summed E-state index contributed by atoms with van der Waals surface area (Å²) in [7, 11) is -3.66. The van der Waals surface area contributed by atoms with Gasteiger partial charge in [0.15, 0.2) is 0 Å². The van der Waals surface area contributed by atoms with Gasteiger partial charge in [-0.25, -0.2) is 13.1 Å². The second-order valence-electron chi connectivity index (χ2n) is 4.66. The van der Waals surface area contributed by atoms with E-state index in [1.54, 1.807) is 19.1 Å². The van der Waals surface area contributed by atoms with Crippen molar-refractivity contribution < 1.29 is 13.5 Å². The van der Waals surface area contributed by atoms with Gasteiger partial charge < -0.3 is 10.8 Å². The Morgan fingerprint density at radius 1 is 1.37 bits per heavy atom. The smallest absolute Gasteiger partial charge is 0.243 e. The van der Waals surface area contributed by atoms with Crippen LogP contribution in [0.4, 0.5) is 5.69 Å². The van der Waals surface area contributed by atoms with E-state index >= 15 is 0 Å². The van der Waals surface area contributed by atoms with Crippen LogP contribution in [0, 0.1) is 13.8 Å². The van der Waals surface area contributed by atoms with Gasteiger partial charge in [-0.1, -0.05) is 13.0 Å². The first kappa shape index (κ1) is 15.9. The quantitative estimate of drug-likeness (QED) is 0.688. The zero-order valence-corrected chi connectivity index (χ0v) is 12.4. The van der Waals surface area contributed by atoms with E-state index in [4.69, 9.17) is 10.8 Å². The lowest BCUT2D eigenvalue weighted by Crippen LogP contribution is -2.35. The molecule has 0 aliphatic heterocycles. The first-order valence-corrected chi connectivity index (χ1v) is 7.80. The summed E-state index contributed by atoms with van der Waals surface area (Å²) < 4.78 is 27.4. The van der Waals surface area contributed by atoms with Crippen LogP contribution in [0.2, 0.25) is 0 Å². The van der Waals surface area contributed by atoms with Crippen LogP contribution in [-0.4, -0.2) is 26.2 Å². The maximum absolute atomic E-state index is 12.4. The van der Waals surface area contributed by atoms with E-state index < -0.39 is 10.0 Å². The molecule has 0 amide bonds. The van der Waals surface area contributed by atoms with Crippen LogP contribution in [0.25, 0.3) is 0 Å². The van der Waals surface area contributed by atoms with Crippen LogP contribution in [0.15, 0.2) is 17.0 Å². The molecule has 6 heteroatoms. The van der Waals surface area contributed by atoms with Crippen LogP contribution in [-0.2, 0) is 10.0 Å². The Kier molecular flexibility index (Phi) is 5.34.